The van der Waals surface area contributed by atoms with Crippen molar-refractivity contribution in [2.45, 2.75) is 59.5 Å². The van der Waals surface area contributed by atoms with Gasteiger partial charge in [-0.25, -0.2) is 0 Å². The lowest BCUT2D eigenvalue weighted by Gasteiger charge is -2.43. The summed E-state index contributed by atoms with van der Waals surface area (Å²) in [5.74, 6) is 0.840. The van der Waals surface area contributed by atoms with Crippen LogP contribution in [0.4, 0.5) is 0 Å². The molecule has 1 aliphatic carbocycles. The number of rotatable bonds is 0. The molecule has 1 nitrogen and oxygen atoms in total. The van der Waals surface area contributed by atoms with Gasteiger partial charge in [-0.15, -0.1) is 0 Å². The van der Waals surface area contributed by atoms with E-state index >= 15 is 0 Å². The summed E-state index contributed by atoms with van der Waals surface area (Å²) in [5, 5.41) is 0. The average molecular weight is 196 g/mol. The summed E-state index contributed by atoms with van der Waals surface area (Å²) in [6.07, 6.45) is 5.91. The highest BCUT2D eigenvalue weighted by Crippen LogP contribution is 2.51. The molecular weight excluding hydrogens is 172 g/mol. The van der Waals surface area contributed by atoms with Gasteiger partial charge in [-0.3, -0.25) is 0 Å². The predicted octanol–water partition coefficient (Wildman–Crippen LogP) is 3.63. The average Bonchev–Trinajstić information content (AvgIpc) is 2.37. The summed E-state index contributed by atoms with van der Waals surface area (Å²) < 4.78 is 5.76. The Kier molecular flexibility index (Phi) is 2.42. The smallest absolute Gasteiger partial charge is 0.0579 e. The fourth-order valence-corrected chi connectivity index (χ4v) is 3.02. The summed E-state index contributed by atoms with van der Waals surface area (Å²) in [7, 11) is 0. The van der Waals surface area contributed by atoms with Gasteiger partial charge in [0, 0.05) is 6.61 Å². The Morgan fingerprint density at radius 1 is 1.29 bits per heavy atom. The van der Waals surface area contributed by atoms with Gasteiger partial charge < -0.3 is 4.74 Å². The molecule has 1 saturated carbocycles. The van der Waals surface area contributed by atoms with Gasteiger partial charge in [-0.1, -0.05) is 27.7 Å². The molecule has 14 heavy (non-hydrogen) atoms. The van der Waals surface area contributed by atoms with Crippen molar-refractivity contribution in [3.63, 3.8) is 0 Å². The van der Waals surface area contributed by atoms with Crippen molar-refractivity contribution in [3.8, 4) is 0 Å². The Labute approximate surface area is 88.2 Å². The third-order valence-electron chi connectivity index (χ3n) is 4.73. The minimum atomic E-state index is 0.442. The van der Waals surface area contributed by atoms with Crippen molar-refractivity contribution >= 4 is 0 Å². The first kappa shape index (κ1) is 10.5. The second-order valence-electron chi connectivity index (χ2n) is 6.61. The van der Waals surface area contributed by atoms with E-state index in [0.29, 0.717) is 16.9 Å². The molecule has 0 N–H and O–H groups in total. The van der Waals surface area contributed by atoms with E-state index in [9.17, 15) is 0 Å². The standard InChI is InChI=1S/C13H24O/c1-12(2,3)13(4)6-5-11-7-10(8-13)9-14-11/h10-11H,5-9H2,1-4H3. The maximum absolute atomic E-state index is 5.76. The lowest BCUT2D eigenvalue weighted by atomic mass is 9.62. The Balaban J connectivity index is 2.14. The SMILES string of the molecule is CC(C)(C)C1(C)CCC2CC(CO2)C1. The summed E-state index contributed by atoms with van der Waals surface area (Å²) in [4.78, 5) is 0. The summed E-state index contributed by atoms with van der Waals surface area (Å²) in [5.41, 5.74) is 0.966. The third kappa shape index (κ3) is 1.71. The van der Waals surface area contributed by atoms with Crippen molar-refractivity contribution in [1.29, 1.82) is 0 Å². The van der Waals surface area contributed by atoms with Gasteiger partial charge in [-0.05, 0) is 42.4 Å². The van der Waals surface area contributed by atoms with Gasteiger partial charge in [0.25, 0.3) is 0 Å². The molecular formula is C13H24O. The van der Waals surface area contributed by atoms with Gasteiger partial charge in [0.2, 0.25) is 0 Å². The van der Waals surface area contributed by atoms with Crippen LogP contribution in [0.15, 0.2) is 0 Å². The first-order valence-corrected chi connectivity index (χ1v) is 6.02. The molecule has 3 unspecified atom stereocenters. The molecule has 82 valence electrons. The highest BCUT2D eigenvalue weighted by atomic mass is 16.5. The van der Waals surface area contributed by atoms with E-state index in [0.717, 1.165) is 12.5 Å². The zero-order chi connectivity index (χ0) is 10.4. The van der Waals surface area contributed by atoms with Crippen LogP contribution in [0.1, 0.15) is 53.4 Å². The van der Waals surface area contributed by atoms with Gasteiger partial charge >= 0.3 is 0 Å². The quantitative estimate of drug-likeness (QED) is 0.575. The fraction of sp³-hybridized carbons (Fsp3) is 1.00. The molecule has 0 spiro atoms. The maximum Gasteiger partial charge on any atom is 0.0579 e. The highest BCUT2D eigenvalue weighted by molar-refractivity contribution is 4.93. The minimum absolute atomic E-state index is 0.442. The highest BCUT2D eigenvalue weighted by Gasteiger charge is 2.44. The Morgan fingerprint density at radius 2 is 2.00 bits per heavy atom. The van der Waals surface area contributed by atoms with Crippen molar-refractivity contribution < 1.29 is 4.74 Å². The van der Waals surface area contributed by atoms with E-state index in [4.69, 9.17) is 4.74 Å². The number of ether oxygens (including phenoxy) is 1. The molecule has 2 aliphatic rings. The Bertz CT molecular complexity index is 216. The van der Waals surface area contributed by atoms with Crippen molar-refractivity contribution in [2.75, 3.05) is 6.61 Å². The van der Waals surface area contributed by atoms with Crippen LogP contribution in [-0.2, 0) is 4.74 Å². The van der Waals surface area contributed by atoms with E-state index in [1.807, 2.05) is 0 Å². The normalized spacial score (nSPS) is 43.7. The Hall–Kier alpha value is -0.0400. The molecule has 2 bridgehead atoms. The molecule has 3 atom stereocenters. The minimum Gasteiger partial charge on any atom is -0.378 e. The molecule has 0 amide bonds. The van der Waals surface area contributed by atoms with Crippen molar-refractivity contribution in [1.82, 2.24) is 0 Å². The zero-order valence-electron chi connectivity index (χ0n) is 10.1. The number of fused-ring (bicyclic) bond motifs is 2. The van der Waals surface area contributed by atoms with E-state index in [2.05, 4.69) is 27.7 Å². The fourth-order valence-electron chi connectivity index (χ4n) is 3.02. The maximum atomic E-state index is 5.76. The molecule has 2 fully saturated rings. The molecule has 1 heterocycles. The van der Waals surface area contributed by atoms with E-state index < -0.39 is 0 Å². The predicted molar refractivity (Wildman–Crippen MR) is 59.3 cm³/mol. The summed E-state index contributed by atoms with van der Waals surface area (Å²) in [6.45, 7) is 10.7. The number of hydrogen-bond donors (Lipinski definition) is 0. The van der Waals surface area contributed by atoms with Crippen molar-refractivity contribution in [3.05, 3.63) is 0 Å². The van der Waals surface area contributed by atoms with Crippen LogP contribution in [0.5, 0.6) is 0 Å². The van der Waals surface area contributed by atoms with E-state index in [1.54, 1.807) is 0 Å². The van der Waals surface area contributed by atoms with E-state index in [-0.39, 0.29) is 0 Å². The molecule has 0 radical (unpaired) electrons. The second kappa shape index (κ2) is 3.23. The topological polar surface area (TPSA) is 9.23 Å². The molecule has 2 rings (SSSR count). The number of hydrogen-bond acceptors (Lipinski definition) is 1. The van der Waals surface area contributed by atoms with Gasteiger partial charge in [0.15, 0.2) is 0 Å². The van der Waals surface area contributed by atoms with Crippen LogP contribution < -0.4 is 0 Å². The van der Waals surface area contributed by atoms with Crippen LogP contribution in [0.2, 0.25) is 0 Å². The van der Waals surface area contributed by atoms with Crippen LogP contribution >= 0.6 is 0 Å². The second-order valence-corrected chi connectivity index (χ2v) is 6.61. The molecule has 0 aromatic heterocycles. The molecule has 1 aliphatic heterocycles. The summed E-state index contributed by atoms with van der Waals surface area (Å²) in [6, 6.07) is 0. The summed E-state index contributed by atoms with van der Waals surface area (Å²) >= 11 is 0. The first-order valence-electron chi connectivity index (χ1n) is 6.02. The molecule has 0 aromatic carbocycles. The van der Waals surface area contributed by atoms with Gasteiger partial charge in [0.05, 0.1) is 6.10 Å². The lowest BCUT2D eigenvalue weighted by Crippen LogP contribution is -2.35. The van der Waals surface area contributed by atoms with E-state index in [1.165, 1.54) is 25.7 Å². The molecule has 1 saturated heterocycles. The molecule has 0 aromatic rings. The van der Waals surface area contributed by atoms with Crippen LogP contribution in [0.3, 0.4) is 0 Å². The first-order chi connectivity index (χ1) is 6.41. The molecule has 1 heteroatoms. The van der Waals surface area contributed by atoms with Crippen LogP contribution in [0, 0.1) is 16.7 Å². The third-order valence-corrected chi connectivity index (χ3v) is 4.73. The van der Waals surface area contributed by atoms with Crippen LogP contribution in [-0.4, -0.2) is 12.7 Å². The van der Waals surface area contributed by atoms with Crippen molar-refractivity contribution in [2.24, 2.45) is 16.7 Å². The Morgan fingerprint density at radius 3 is 2.64 bits per heavy atom. The monoisotopic (exact) mass is 196 g/mol. The van der Waals surface area contributed by atoms with Crippen LogP contribution in [0.25, 0.3) is 0 Å². The zero-order valence-corrected chi connectivity index (χ0v) is 10.1. The largest absolute Gasteiger partial charge is 0.378 e. The van der Waals surface area contributed by atoms with Gasteiger partial charge in [0.1, 0.15) is 0 Å². The lowest BCUT2D eigenvalue weighted by molar-refractivity contribution is 0.0197. The van der Waals surface area contributed by atoms with Gasteiger partial charge in [-0.2, -0.15) is 0 Å².